The van der Waals surface area contributed by atoms with Crippen molar-refractivity contribution in [2.75, 3.05) is 18.4 Å². The molecule has 21 heavy (non-hydrogen) atoms. The van der Waals surface area contributed by atoms with Crippen LogP contribution in [0, 0.1) is 0 Å². The Morgan fingerprint density at radius 3 is 2.67 bits per heavy atom. The minimum absolute atomic E-state index is 0.103. The lowest BCUT2D eigenvalue weighted by atomic mass is 9.97. The van der Waals surface area contributed by atoms with Gasteiger partial charge in [-0.25, -0.2) is 13.6 Å². The second kappa shape index (κ2) is 5.94. The Balaban J connectivity index is 1.58. The highest BCUT2D eigenvalue weighted by molar-refractivity contribution is 7.88. The van der Waals surface area contributed by atoms with Gasteiger partial charge in [-0.05, 0) is 49.9 Å². The topological polar surface area (TPSA) is 75.4 Å². The number of hydrogen-bond donors (Lipinski definition) is 2. The van der Waals surface area contributed by atoms with E-state index in [1.165, 1.54) is 38.8 Å². The van der Waals surface area contributed by atoms with Crippen LogP contribution in [-0.2, 0) is 15.8 Å². The van der Waals surface area contributed by atoms with E-state index in [9.17, 15) is 8.42 Å². The fourth-order valence-electron chi connectivity index (χ4n) is 3.52. The third-order valence-electron chi connectivity index (χ3n) is 4.51. The molecule has 116 valence electrons. The van der Waals surface area contributed by atoms with Crippen LogP contribution in [0.5, 0.6) is 0 Å². The quantitative estimate of drug-likeness (QED) is 0.884. The second-order valence-corrected chi connectivity index (χ2v) is 7.82. The van der Waals surface area contributed by atoms with Crippen molar-refractivity contribution < 1.29 is 8.42 Å². The number of anilines is 1. The van der Waals surface area contributed by atoms with Gasteiger partial charge in [-0.1, -0.05) is 12.1 Å². The highest BCUT2D eigenvalue weighted by atomic mass is 32.2. The number of nitrogens with one attached hydrogen (secondary N) is 1. The molecule has 3 rings (SSSR count). The Morgan fingerprint density at radius 2 is 1.95 bits per heavy atom. The van der Waals surface area contributed by atoms with Crippen LogP contribution in [0.25, 0.3) is 0 Å². The summed E-state index contributed by atoms with van der Waals surface area (Å²) in [6, 6.07) is 8.82. The molecule has 5 nitrogen and oxygen atoms in total. The molecular formula is C15H23N3O2S. The molecule has 0 bridgehead atoms. The van der Waals surface area contributed by atoms with Crippen LogP contribution in [0.2, 0.25) is 0 Å². The van der Waals surface area contributed by atoms with E-state index in [1.807, 2.05) is 24.3 Å². The summed E-state index contributed by atoms with van der Waals surface area (Å²) in [6.07, 6.45) is 5.04. The van der Waals surface area contributed by atoms with Crippen molar-refractivity contribution in [2.45, 2.75) is 43.5 Å². The first-order valence-corrected chi connectivity index (χ1v) is 9.31. The van der Waals surface area contributed by atoms with Gasteiger partial charge in [0.1, 0.15) is 0 Å². The Morgan fingerprint density at radius 1 is 1.19 bits per heavy atom. The van der Waals surface area contributed by atoms with Crippen LogP contribution in [0.3, 0.4) is 0 Å². The molecule has 2 aliphatic rings. The molecule has 2 saturated heterocycles. The zero-order chi connectivity index (χ0) is 14.9. The molecule has 2 unspecified atom stereocenters. The van der Waals surface area contributed by atoms with E-state index in [2.05, 4.69) is 10.2 Å². The Labute approximate surface area is 126 Å². The number of primary sulfonamides is 1. The molecule has 0 amide bonds. The molecule has 6 heteroatoms. The molecule has 0 saturated carbocycles. The molecule has 1 aromatic carbocycles. The fraction of sp³-hybridized carbons (Fsp3) is 0.600. The number of rotatable bonds is 4. The third kappa shape index (κ3) is 3.96. The van der Waals surface area contributed by atoms with Gasteiger partial charge in [-0.2, -0.15) is 0 Å². The number of sulfonamides is 1. The van der Waals surface area contributed by atoms with Crippen LogP contribution < -0.4 is 10.5 Å². The van der Waals surface area contributed by atoms with E-state index in [4.69, 9.17) is 5.14 Å². The molecule has 2 heterocycles. The number of benzene rings is 1. The summed E-state index contributed by atoms with van der Waals surface area (Å²) in [6.45, 7) is 2.45. The normalized spacial score (nSPS) is 26.5. The van der Waals surface area contributed by atoms with Gasteiger partial charge in [0.05, 0.1) is 5.75 Å². The molecule has 0 spiro atoms. The first-order valence-electron chi connectivity index (χ1n) is 7.59. The van der Waals surface area contributed by atoms with E-state index in [-0.39, 0.29) is 5.75 Å². The maximum absolute atomic E-state index is 11.1. The Bertz CT molecular complexity index is 585. The first kappa shape index (κ1) is 14.8. The molecule has 2 aliphatic heterocycles. The van der Waals surface area contributed by atoms with Gasteiger partial charge >= 0.3 is 0 Å². The second-order valence-electron chi connectivity index (χ2n) is 6.20. The average molecular weight is 309 g/mol. The van der Waals surface area contributed by atoms with Crippen molar-refractivity contribution in [1.82, 2.24) is 4.90 Å². The molecule has 0 aromatic heterocycles. The SMILES string of the molecule is NS(=O)(=O)Cc1ccc(NC2CCN3CCCC3C2)cc1. The minimum Gasteiger partial charge on any atom is -0.382 e. The predicted octanol–water partition coefficient (Wildman–Crippen LogP) is 1.51. The molecule has 2 atom stereocenters. The number of piperidine rings is 1. The van der Waals surface area contributed by atoms with E-state index < -0.39 is 10.0 Å². The van der Waals surface area contributed by atoms with Crippen LogP contribution in [-0.4, -0.2) is 38.5 Å². The predicted molar refractivity (Wildman–Crippen MR) is 84.5 cm³/mol. The van der Waals surface area contributed by atoms with Gasteiger partial charge in [0.15, 0.2) is 0 Å². The molecule has 3 N–H and O–H groups in total. The first-order chi connectivity index (χ1) is 9.99. The zero-order valence-corrected chi connectivity index (χ0v) is 13.0. The van der Waals surface area contributed by atoms with Crippen LogP contribution in [0.4, 0.5) is 5.69 Å². The van der Waals surface area contributed by atoms with Crippen LogP contribution >= 0.6 is 0 Å². The summed E-state index contributed by atoms with van der Waals surface area (Å²) in [5.41, 5.74) is 1.79. The van der Waals surface area contributed by atoms with E-state index >= 15 is 0 Å². The summed E-state index contributed by atoms with van der Waals surface area (Å²) in [4.78, 5) is 2.60. The van der Waals surface area contributed by atoms with Crippen molar-refractivity contribution in [1.29, 1.82) is 0 Å². The van der Waals surface area contributed by atoms with Crippen molar-refractivity contribution >= 4 is 15.7 Å². The summed E-state index contributed by atoms with van der Waals surface area (Å²) in [5, 5.41) is 8.63. The third-order valence-corrected chi connectivity index (χ3v) is 5.25. The lowest BCUT2D eigenvalue weighted by Crippen LogP contribution is -2.42. The Kier molecular flexibility index (Phi) is 4.19. The lowest BCUT2D eigenvalue weighted by Gasteiger charge is -2.35. The van der Waals surface area contributed by atoms with E-state index in [1.54, 1.807) is 0 Å². The van der Waals surface area contributed by atoms with Crippen molar-refractivity contribution in [3.05, 3.63) is 29.8 Å². The smallest absolute Gasteiger partial charge is 0.213 e. The minimum atomic E-state index is -3.45. The van der Waals surface area contributed by atoms with Crippen LogP contribution in [0.1, 0.15) is 31.2 Å². The fourth-order valence-corrected chi connectivity index (χ4v) is 4.18. The summed E-state index contributed by atoms with van der Waals surface area (Å²) in [5.74, 6) is -0.103. The van der Waals surface area contributed by atoms with E-state index in [0.29, 0.717) is 6.04 Å². The lowest BCUT2D eigenvalue weighted by molar-refractivity contribution is 0.188. The van der Waals surface area contributed by atoms with Gasteiger partial charge in [0, 0.05) is 24.3 Å². The zero-order valence-electron chi connectivity index (χ0n) is 12.2. The van der Waals surface area contributed by atoms with Gasteiger partial charge in [-0.15, -0.1) is 0 Å². The van der Waals surface area contributed by atoms with Crippen molar-refractivity contribution in [3.63, 3.8) is 0 Å². The van der Waals surface area contributed by atoms with Gasteiger partial charge < -0.3 is 10.2 Å². The molecule has 0 aliphatic carbocycles. The standard InChI is InChI=1S/C15H23N3O2S/c16-21(19,20)11-12-3-5-13(6-4-12)17-14-7-9-18-8-1-2-15(18)10-14/h3-6,14-15,17H,1-2,7-11H2,(H2,16,19,20). The average Bonchev–Trinajstić information content (AvgIpc) is 2.87. The number of nitrogens with two attached hydrogens (primary N) is 1. The summed E-state index contributed by atoms with van der Waals surface area (Å²) < 4.78 is 22.1. The Hall–Kier alpha value is -1.11. The highest BCUT2D eigenvalue weighted by Gasteiger charge is 2.31. The summed E-state index contributed by atoms with van der Waals surface area (Å²) in [7, 11) is -3.45. The monoisotopic (exact) mass is 309 g/mol. The largest absolute Gasteiger partial charge is 0.382 e. The van der Waals surface area contributed by atoms with Crippen molar-refractivity contribution in [2.24, 2.45) is 5.14 Å². The summed E-state index contributed by atoms with van der Waals surface area (Å²) >= 11 is 0. The van der Waals surface area contributed by atoms with Crippen molar-refractivity contribution in [3.8, 4) is 0 Å². The molecule has 1 aromatic rings. The number of nitrogens with zero attached hydrogens (tertiary/aromatic N) is 1. The number of fused-ring (bicyclic) bond motifs is 1. The number of hydrogen-bond acceptors (Lipinski definition) is 4. The van der Waals surface area contributed by atoms with Gasteiger partial charge in [0.25, 0.3) is 0 Å². The van der Waals surface area contributed by atoms with Gasteiger partial charge in [-0.3, -0.25) is 0 Å². The van der Waals surface area contributed by atoms with Crippen LogP contribution in [0.15, 0.2) is 24.3 Å². The molecule has 0 radical (unpaired) electrons. The molecular weight excluding hydrogens is 286 g/mol. The van der Waals surface area contributed by atoms with E-state index in [0.717, 1.165) is 17.3 Å². The maximum atomic E-state index is 11.1. The van der Waals surface area contributed by atoms with Gasteiger partial charge in [0.2, 0.25) is 10.0 Å². The molecule has 2 fully saturated rings. The highest BCUT2D eigenvalue weighted by Crippen LogP contribution is 2.28. The maximum Gasteiger partial charge on any atom is 0.213 e.